The predicted molar refractivity (Wildman–Crippen MR) is 95.0 cm³/mol. The smallest absolute Gasteiger partial charge is 0.0446 e. The molecule has 1 aromatic carbocycles. The van der Waals surface area contributed by atoms with Crippen LogP contribution in [0.25, 0.3) is 0 Å². The third-order valence-corrected chi connectivity index (χ3v) is 7.60. The van der Waals surface area contributed by atoms with Crippen molar-refractivity contribution < 1.29 is 0 Å². The Balaban J connectivity index is 2.13. The Bertz CT molecular complexity index is 421. The Labute approximate surface area is 132 Å². The van der Waals surface area contributed by atoms with E-state index in [2.05, 4.69) is 80.9 Å². The van der Waals surface area contributed by atoms with Gasteiger partial charge in [0.1, 0.15) is 0 Å². The van der Waals surface area contributed by atoms with Gasteiger partial charge < -0.3 is 5.32 Å². The number of aryl methyl sites for hydroxylation is 1. The summed E-state index contributed by atoms with van der Waals surface area (Å²) in [6.45, 7) is 6.97. The zero-order valence-electron chi connectivity index (χ0n) is 13.1. The fraction of sp³-hybridized carbons (Fsp3) is 0.647. The van der Waals surface area contributed by atoms with Crippen molar-refractivity contribution in [3.05, 3.63) is 35.4 Å². The molecule has 1 nitrogen and oxygen atoms in total. The van der Waals surface area contributed by atoms with E-state index in [1.807, 2.05) is 0 Å². The van der Waals surface area contributed by atoms with Gasteiger partial charge in [0, 0.05) is 27.5 Å². The monoisotopic (exact) mass is 309 g/mol. The number of benzene rings is 1. The van der Waals surface area contributed by atoms with Crippen LogP contribution in [0.3, 0.4) is 0 Å². The van der Waals surface area contributed by atoms with Crippen molar-refractivity contribution in [3.8, 4) is 0 Å². The molecule has 1 N–H and O–H groups in total. The molecular formula is C17H27NS2. The average Bonchev–Trinajstić information content (AvgIpc) is 2.44. The molecule has 3 heteroatoms. The van der Waals surface area contributed by atoms with Gasteiger partial charge in [-0.1, -0.05) is 51.5 Å². The Kier molecular flexibility index (Phi) is 6.31. The zero-order chi connectivity index (χ0) is 14.5. The van der Waals surface area contributed by atoms with Crippen molar-refractivity contribution in [3.63, 3.8) is 0 Å². The summed E-state index contributed by atoms with van der Waals surface area (Å²) in [6, 6.07) is 9.64. The number of rotatable bonds is 5. The highest BCUT2D eigenvalue weighted by Crippen LogP contribution is 2.41. The molecular weight excluding hydrogens is 282 g/mol. The number of hydrogen-bond acceptors (Lipinski definition) is 3. The first-order chi connectivity index (χ1) is 9.65. The zero-order valence-corrected chi connectivity index (χ0v) is 14.7. The summed E-state index contributed by atoms with van der Waals surface area (Å²) in [5.41, 5.74) is 2.93. The van der Waals surface area contributed by atoms with Crippen LogP contribution >= 0.6 is 23.5 Å². The third-order valence-electron chi connectivity index (χ3n) is 4.11. The maximum Gasteiger partial charge on any atom is 0.0446 e. The van der Waals surface area contributed by atoms with Gasteiger partial charge in [0.05, 0.1) is 0 Å². The molecule has 0 aliphatic carbocycles. The first-order valence-corrected chi connectivity index (χ1v) is 9.68. The van der Waals surface area contributed by atoms with E-state index >= 15 is 0 Å². The number of hydrogen-bond donors (Lipinski definition) is 1. The normalized spacial score (nSPS) is 28.3. The van der Waals surface area contributed by atoms with Crippen LogP contribution in [0.2, 0.25) is 0 Å². The predicted octanol–water partition coefficient (Wildman–Crippen LogP) is 4.53. The fourth-order valence-corrected chi connectivity index (χ4v) is 5.94. The van der Waals surface area contributed by atoms with Crippen molar-refractivity contribution in [2.75, 3.05) is 12.8 Å². The van der Waals surface area contributed by atoms with Crippen LogP contribution in [0.4, 0.5) is 0 Å². The summed E-state index contributed by atoms with van der Waals surface area (Å²) in [5.74, 6) is 1.25. The van der Waals surface area contributed by atoms with E-state index in [9.17, 15) is 0 Å². The molecule has 0 radical (unpaired) electrons. The molecule has 112 valence electrons. The molecule has 2 rings (SSSR count). The molecule has 0 aromatic heterocycles. The minimum Gasteiger partial charge on any atom is -0.312 e. The minimum atomic E-state index is 0.472. The van der Waals surface area contributed by atoms with Gasteiger partial charge in [-0.15, -0.1) is 0 Å². The van der Waals surface area contributed by atoms with Crippen LogP contribution in [-0.4, -0.2) is 28.6 Å². The lowest BCUT2D eigenvalue weighted by atomic mass is 10.00. The van der Waals surface area contributed by atoms with Gasteiger partial charge in [-0.25, -0.2) is 0 Å². The van der Waals surface area contributed by atoms with Crippen molar-refractivity contribution in [2.24, 2.45) is 0 Å². The van der Waals surface area contributed by atoms with Gasteiger partial charge in [0.15, 0.2) is 0 Å². The van der Waals surface area contributed by atoms with Gasteiger partial charge in [-0.2, -0.15) is 23.5 Å². The van der Waals surface area contributed by atoms with Crippen molar-refractivity contribution >= 4 is 23.5 Å². The van der Waals surface area contributed by atoms with Crippen LogP contribution < -0.4 is 5.32 Å². The van der Waals surface area contributed by atoms with E-state index in [-0.39, 0.29) is 0 Å². The fourth-order valence-electron chi connectivity index (χ4n) is 2.78. The highest BCUT2D eigenvalue weighted by atomic mass is 32.2. The standard InChI is InChI=1S/C17H27NS2/c1-5-7-14-8-6-9-15(10-14)17(18-4)16-11-19-12(2)13(3)20-16/h6,8-10,12-13,16-18H,5,7,11H2,1-4H3. The van der Waals surface area contributed by atoms with Crippen molar-refractivity contribution in [1.82, 2.24) is 5.32 Å². The number of thioether (sulfide) groups is 2. The van der Waals surface area contributed by atoms with Gasteiger partial charge in [0.2, 0.25) is 0 Å². The van der Waals surface area contributed by atoms with Crippen LogP contribution in [0, 0.1) is 0 Å². The summed E-state index contributed by atoms with van der Waals surface area (Å²) in [7, 11) is 2.10. The van der Waals surface area contributed by atoms with Gasteiger partial charge in [0.25, 0.3) is 0 Å². The van der Waals surface area contributed by atoms with E-state index in [1.165, 1.54) is 29.7 Å². The van der Waals surface area contributed by atoms with E-state index in [0.29, 0.717) is 11.3 Å². The molecule has 1 heterocycles. The van der Waals surface area contributed by atoms with Gasteiger partial charge in [-0.05, 0) is 24.6 Å². The first-order valence-electron chi connectivity index (χ1n) is 7.68. The molecule has 1 aliphatic rings. The summed E-state index contributed by atoms with van der Waals surface area (Å²) >= 11 is 4.28. The lowest BCUT2D eigenvalue weighted by Gasteiger charge is -2.36. The van der Waals surface area contributed by atoms with Gasteiger partial charge in [-0.3, -0.25) is 0 Å². The summed E-state index contributed by atoms with van der Waals surface area (Å²) < 4.78 is 0. The third kappa shape index (κ3) is 3.96. The Morgan fingerprint density at radius 1 is 1.30 bits per heavy atom. The maximum atomic E-state index is 3.56. The van der Waals surface area contributed by atoms with E-state index in [4.69, 9.17) is 0 Å². The second kappa shape index (κ2) is 7.77. The Hall–Kier alpha value is -0.120. The molecule has 0 spiro atoms. The molecule has 1 saturated heterocycles. The maximum absolute atomic E-state index is 3.56. The lowest BCUT2D eigenvalue weighted by molar-refractivity contribution is 0.587. The lowest BCUT2D eigenvalue weighted by Crippen LogP contribution is -2.35. The second-order valence-electron chi connectivity index (χ2n) is 5.68. The summed E-state index contributed by atoms with van der Waals surface area (Å²) in [5, 5.41) is 5.75. The molecule has 1 fully saturated rings. The SMILES string of the molecule is CCCc1cccc(C(NC)C2CSC(C)C(C)S2)c1. The molecule has 0 bridgehead atoms. The molecule has 1 aliphatic heterocycles. The van der Waals surface area contributed by atoms with Crippen LogP contribution in [-0.2, 0) is 6.42 Å². The first kappa shape index (κ1) is 16.3. The minimum absolute atomic E-state index is 0.472. The van der Waals surface area contributed by atoms with E-state index in [1.54, 1.807) is 0 Å². The van der Waals surface area contributed by atoms with Crippen LogP contribution in [0.1, 0.15) is 44.4 Å². The molecule has 4 atom stereocenters. The number of nitrogens with one attached hydrogen (secondary N) is 1. The van der Waals surface area contributed by atoms with Crippen LogP contribution in [0.15, 0.2) is 24.3 Å². The quantitative estimate of drug-likeness (QED) is 0.858. The highest BCUT2D eigenvalue weighted by molar-refractivity contribution is 8.07. The Morgan fingerprint density at radius 2 is 2.10 bits per heavy atom. The summed E-state index contributed by atoms with van der Waals surface area (Å²) in [4.78, 5) is 0. The second-order valence-corrected chi connectivity index (χ2v) is 8.71. The van der Waals surface area contributed by atoms with Crippen LogP contribution in [0.5, 0.6) is 0 Å². The molecule has 0 saturated carbocycles. The molecule has 0 amide bonds. The molecule has 4 unspecified atom stereocenters. The highest BCUT2D eigenvalue weighted by Gasteiger charge is 2.31. The summed E-state index contributed by atoms with van der Waals surface area (Å²) in [6.07, 6.45) is 2.40. The topological polar surface area (TPSA) is 12.0 Å². The molecule has 1 aromatic rings. The van der Waals surface area contributed by atoms with Crippen molar-refractivity contribution in [2.45, 2.75) is 55.4 Å². The molecule has 20 heavy (non-hydrogen) atoms. The van der Waals surface area contributed by atoms with E-state index < -0.39 is 0 Å². The van der Waals surface area contributed by atoms with E-state index in [0.717, 1.165) is 10.5 Å². The van der Waals surface area contributed by atoms with Gasteiger partial charge >= 0.3 is 0 Å². The Morgan fingerprint density at radius 3 is 2.75 bits per heavy atom. The van der Waals surface area contributed by atoms with Crippen molar-refractivity contribution in [1.29, 1.82) is 0 Å². The largest absolute Gasteiger partial charge is 0.312 e. The average molecular weight is 310 g/mol.